The maximum absolute atomic E-state index is 14.3. The first-order valence-corrected chi connectivity index (χ1v) is 16.0. The highest BCUT2D eigenvalue weighted by atomic mass is 35.5. The number of para-hydroxylation sites is 1. The number of hydrogen-bond donors (Lipinski definition) is 1. The van der Waals surface area contributed by atoms with Gasteiger partial charge in [-0.1, -0.05) is 96.5 Å². The molecule has 1 saturated carbocycles. The Bertz CT molecular complexity index is 1980. The predicted octanol–water partition coefficient (Wildman–Crippen LogP) is 5.77. The highest BCUT2D eigenvalue weighted by molar-refractivity contribution is 6.30. The second kappa shape index (κ2) is 12.1. The largest absolute Gasteiger partial charge is 0.851 e. The van der Waals surface area contributed by atoms with Gasteiger partial charge in [-0.25, -0.2) is 4.68 Å². The van der Waals surface area contributed by atoms with Gasteiger partial charge in [0, 0.05) is 28.9 Å². The molecule has 2 unspecified atom stereocenters. The summed E-state index contributed by atoms with van der Waals surface area (Å²) in [5, 5.41) is 30.6. The van der Waals surface area contributed by atoms with E-state index in [2.05, 4.69) is 5.10 Å². The maximum Gasteiger partial charge on any atom is 0.433 e. The Balaban J connectivity index is 1.34. The number of aromatic nitrogens is 2. The second-order valence-electron chi connectivity index (χ2n) is 12.6. The maximum atomic E-state index is 14.3. The fourth-order valence-corrected chi connectivity index (χ4v) is 7.68. The van der Waals surface area contributed by atoms with Crippen LogP contribution in [0.5, 0.6) is 0 Å². The summed E-state index contributed by atoms with van der Waals surface area (Å²) in [6.07, 6.45) is -5.87. The third kappa shape index (κ3) is 5.36. The van der Waals surface area contributed by atoms with E-state index in [9.17, 15) is 28.2 Å². The molecule has 246 valence electrons. The zero-order chi connectivity index (χ0) is 33.8. The average Bonchev–Trinajstić information content (AvgIpc) is 3.52. The van der Waals surface area contributed by atoms with Crippen molar-refractivity contribution in [3.8, 4) is 5.69 Å². The van der Waals surface area contributed by atoms with Crippen LogP contribution in [0.15, 0.2) is 126 Å². The molecule has 2 aliphatic rings. The van der Waals surface area contributed by atoms with Gasteiger partial charge >= 0.3 is 6.18 Å². The van der Waals surface area contributed by atoms with Crippen molar-refractivity contribution >= 4 is 17.3 Å². The van der Waals surface area contributed by atoms with E-state index in [0.717, 1.165) is 27.1 Å². The molecule has 0 spiro atoms. The smallest absolute Gasteiger partial charge is 0.433 e. The van der Waals surface area contributed by atoms with Crippen molar-refractivity contribution in [3.63, 3.8) is 0 Å². The number of fused-ring (bicyclic) bond motifs is 1. The summed E-state index contributed by atoms with van der Waals surface area (Å²) >= 11 is 6.58. The van der Waals surface area contributed by atoms with Gasteiger partial charge in [-0.05, 0) is 71.7 Å². The van der Waals surface area contributed by atoms with Gasteiger partial charge in [0.25, 0.3) is 5.56 Å². The molecule has 0 saturated heterocycles. The molecule has 2 atom stereocenters. The van der Waals surface area contributed by atoms with Crippen molar-refractivity contribution in [2.24, 2.45) is 5.92 Å². The lowest BCUT2D eigenvalue weighted by atomic mass is 9.63. The van der Waals surface area contributed by atoms with Gasteiger partial charge in [0.05, 0.1) is 11.3 Å². The topological polar surface area (TPSA) is 87.2 Å². The van der Waals surface area contributed by atoms with Crippen LogP contribution < -0.4 is 20.7 Å². The fourth-order valence-electron chi connectivity index (χ4n) is 7.51. The van der Waals surface area contributed by atoms with E-state index in [1.54, 1.807) is 30.3 Å². The van der Waals surface area contributed by atoms with Gasteiger partial charge in [0.15, 0.2) is 0 Å². The van der Waals surface area contributed by atoms with Crippen LogP contribution in [0, 0.1) is 5.92 Å². The summed E-state index contributed by atoms with van der Waals surface area (Å²) in [4.78, 5) is 15.4. The average molecular weight is 670 g/mol. The van der Waals surface area contributed by atoms with Crippen LogP contribution in [-0.4, -0.2) is 29.0 Å². The number of H-pyrrole nitrogens is 1. The number of allylic oxidation sites excluding steroid dienone is 1. The monoisotopic (exact) mass is 669 g/mol. The van der Waals surface area contributed by atoms with Crippen LogP contribution in [0.25, 0.3) is 5.69 Å². The Morgan fingerprint density at radius 1 is 0.854 bits per heavy atom. The Kier molecular flexibility index (Phi) is 8.10. The molecule has 1 aliphatic carbocycles. The molecular weight excluding hydrogens is 639 g/mol. The van der Waals surface area contributed by atoms with Crippen LogP contribution in [0.1, 0.15) is 33.9 Å². The van der Waals surface area contributed by atoms with E-state index in [0.29, 0.717) is 23.6 Å². The lowest BCUT2D eigenvalue weighted by Gasteiger charge is -2.60. The number of alkyl halides is 3. The van der Waals surface area contributed by atoms with E-state index < -0.39 is 52.5 Å². The number of anilines is 1. The Labute approximate surface area is 280 Å². The van der Waals surface area contributed by atoms with E-state index in [1.807, 2.05) is 84.7 Å². The lowest BCUT2D eigenvalue weighted by Crippen LogP contribution is -2.66. The molecule has 7 rings (SSSR count). The van der Waals surface area contributed by atoms with E-state index in [1.165, 1.54) is 12.1 Å². The molecule has 5 aromatic rings. The summed E-state index contributed by atoms with van der Waals surface area (Å²) in [6.45, 7) is 0. The van der Waals surface area contributed by atoms with Crippen LogP contribution in [0.2, 0.25) is 5.02 Å². The molecule has 4 aromatic carbocycles. The van der Waals surface area contributed by atoms with Crippen molar-refractivity contribution in [2.45, 2.75) is 42.6 Å². The molecule has 10 heteroatoms. The van der Waals surface area contributed by atoms with Gasteiger partial charge in [0.1, 0.15) is 5.69 Å². The molecule has 0 amide bonds. The molecular formula is C38H31ClF3N3O3-2. The molecule has 1 aromatic heterocycles. The minimum absolute atomic E-state index is 0.165. The zero-order valence-electron chi connectivity index (χ0n) is 25.8. The first-order valence-electron chi connectivity index (χ1n) is 15.6. The molecule has 1 N–H and O–H groups in total. The minimum Gasteiger partial charge on any atom is -0.851 e. The first-order chi connectivity index (χ1) is 23.0. The Morgan fingerprint density at radius 2 is 1.40 bits per heavy atom. The number of halogens is 4. The van der Waals surface area contributed by atoms with Gasteiger partial charge in [-0.15, -0.1) is 12.2 Å². The number of rotatable bonds is 7. The molecule has 1 aliphatic heterocycles. The third-order valence-electron chi connectivity index (χ3n) is 9.76. The standard InChI is InChI=1S/C38H31ClF3N3O3/c1-44-29-18-17-25(39)19-28(29)37(21-23-11-5-2-6-12-23,22-24-13-7-3-8-14-24)30(44)20-27-33(46)31(34(27)47)32-35(38(40,41)42)43-45(36(32)48)26-15-9-4-10-16-26/h2-20,27,31,33-34,43H,21-22H2,1H3/q-2. The number of aromatic amines is 1. The fraction of sp³-hybridized carbons (Fsp3) is 0.237. The number of likely N-dealkylation sites (N-methyl/N-ethyl adjacent to an activating group) is 1. The van der Waals surface area contributed by atoms with Crippen molar-refractivity contribution in [1.29, 1.82) is 0 Å². The summed E-state index contributed by atoms with van der Waals surface area (Å²) in [5.74, 6) is -2.86. The Hall–Kier alpha value is -4.57. The van der Waals surface area contributed by atoms with Crippen molar-refractivity contribution in [3.05, 3.63) is 164 Å². The molecule has 2 heterocycles. The van der Waals surface area contributed by atoms with Crippen LogP contribution in [0.3, 0.4) is 0 Å². The SMILES string of the molecule is CN1C(=CC2C([O-])C(c3c(C(F)(F)F)[nH]n(-c4ccccc4)c3=O)C2[O-])C(Cc2ccccc2)(Cc2ccccc2)c2cc(Cl)ccc21. The van der Waals surface area contributed by atoms with E-state index in [-0.39, 0.29) is 5.69 Å². The molecule has 0 radical (unpaired) electrons. The van der Waals surface area contributed by atoms with Crippen molar-refractivity contribution < 1.29 is 23.4 Å². The summed E-state index contributed by atoms with van der Waals surface area (Å²) in [7, 11) is 1.86. The quantitative estimate of drug-likeness (QED) is 0.239. The van der Waals surface area contributed by atoms with E-state index in [4.69, 9.17) is 11.6 Å². The first kappa shape index (κ1) is 32.0. The lowest BCUT2D eigenvalue weighted by molar-refractivity contribution is -0.543. The minimum atomic E-state index is -4.98. The Morgan fingerprint density at radius 3 is 1.94 bits per heavy atom. The third-order valence-corrected chi connectivity index (χ3v) is 9.99. The summed E-state index contributed by atoms with van der Waals surface area (Å²) < 4.78 is 43.6. The van der Waals surface area contributed by atoms with Crippen LogP contribution >= 0.6 is 11.6 Å². The zero-order valence-corrected chi connectivity index (χ0v) is 26.6. The van der Waals surface area contributed by atoms with Crippen LogP contribution in [-0.2, 0) is 24.4 Å². The molecule has 1 fully saturated rings. The number of nitrogens with zero attached hydrogens (tertiary/aromatic N) is 2. The van der Waals surface area contributed by atoms with Crippen molar-refractivity contribution in [2.75, 3.05) is 11.9 Å². The predicted molar refractivity (Wildman–Crippen MR) is 175 cm³/mol. The normalized spacial score (nSPS) is 22.5. The molecule has 48 heavy (non-hydrogen) atoms. The molecule has 6 nitrogen and oxygen atoms in total. The highest BCUT2D eigenvalue weighted by Gasteiger charge is 2.50. The number of benzene rings is 4. The van der Waals surface area contributed by atoms with Crippen molar-refractivity contribution in [1.82, 2.24) is 9.78 Å². The number of hydrogen-bond acceptors (Lipinski definition) is 4. The highest BCUT2D eigenvalue weighted by Crippen LogP contribution is 2.54. The van der Waals surface area contributed by atoms with Gasteiger partial charge in [-0.2, -0.15) is 13.2 Å². The van der Waals surface area contributed by atoms with Crippen LogP contribution in [0.4, 0.5) is 18.9 Å². The summed E-state index contributed by atoms with van der Waals surface area (Å²) in [5.41, 5.74) is 0.694. The van der Waals surface area contributed by atoms with E-state index >= 15 is 0 Å². The number of nitrogens with one attached hydrogen (secondary N) is 1. The second-order valence-corrected chi connectivity index (χ2v) is 13.0. The van der Waals surface area contributed by atoms with Gasteiger partial charge in [0.2, 0.25) is 0 Å². The van der Waals surface area contributed by atoms with Gasteiger partial charge in [-0.3, -0.25) is 9.89 Å². The summed E-state index contributed by atoms with van der Waals surface area (Å²) in [6, 6.07) is 33.1. The van der Waals surface area contributed by atoms with Gasteiger partial charge < -0.3 is 15.1 Å². The molecule has 0 bridgehead atoms.